The third-order valence-electron chi connectivity index (χ3n) is 1.80. The molecule has 0 aliphatic heterocycles. The summed E-state index contributed by atoms with van der Waals surface area (Å²) in [5.41, 5.74) is 7.22. The Morgan fingerprint density at radius 1 is 1.44 bits per heavy atom. The van der Waals surface area contributed by atoms with Crippen LogP contribution in [0, 0.1) is 3.57 Å². The zero-order chi connectivity index (χ0) is 12.0. The lowest BCUT2D eigenvalue weighted by atomic mass is 10.3. The van der Waals surface area contributed by atoms with Crippen LogP contribution in [0.3, 0.4) is 0 Å². The smallest absolute Gasteiger partial charge is 0.261 e. The van der Waals surface area contributed by atoms with E-state index in [1.54, 1.807) is 6.07 Å². The number of nitrogens with two attached hydrogens (primary N) is 1. The molecule has 0 saturated carbocycles. The number of hydrogen-bond acceptors (Lipinski definition) is 3. The lowest BCUT2D eigenvalue weighted by molar-refractivity contribution is 0.0215. The molecule has 0 aliphatic rings. The van der Waals surface area contributed by atoms with Crippen LogP contribution in [-0.2, 0) is 4.74 Å². The molecule has 3 N–H and O–H groups in total. The van der Waals surface area contributed by atoms with Crippen molar-refractivity contribution in [2.75, 3.05) is 30.8 Å². The standard InChI is InChI=1S/C10H13F2IN2O/c11-10(12)6-16-4-3-15-9-2-1-7(14)5-8(9)13/h1-2,5,10,15H,3-4,6,14H2. The Bertz CT molecular complexity index is 337. The molecule has 1 aromatic carbocycles. The SMILES string of the molecule is Nc1ccc(NCCOCC(F)F)c(I)c1. The maximum absolute atomic E-state index is 11.7. The second-order valence-electron chi connectivity index (χ2n) is 3.13. The molecule has 0 fully saturated rings. The van der Waals surface area contributed by atoms with E-state index in [1.807, 2.05) is 12.1 Å². The topological polar surface area (TPSA) is 47.3 Å². The highest BCUT2D eigenvalue weighted by molar-refractivity contribution is 14.1. The van der Waals surface area contributed by atoms with Crippen molar-refractivity contribution >= 4 is 34.0 Å². The van der Waals surface area contributed by atoms with Crippen molar-refractivity contribution in [2.45, 2.75) is 6.43 Å². The summed E-state index contributed by atoms with van der Waals surface area (Å²) < 4.78 is 29.2. The van der Waals surface area contributed by atoms with E-state index < -0.39 is 13.0 Å². The Balaban J connectivity index is 2.27. The second-order valence-corrected chi connectivity index (χ2v) is 4.29. The lowest BCUT2D eigenvalue weighted by Gasteiger charge is -2.09. The number of halogens is 3. The normalized spacial score (nSPS) is 10.8. The second kappa shape index (κ2) is 6.85. The van der Waals surface area contributed by atoms with Gasteiger partial charge < -0.3 is 15.8 Å². The maximum Gasteiger partial charge on any atom is 0.261 e. The molecule has 0 atom stereocenters. The third-order valence-corrected chi connectivity index (χ3v) is 2.69. The van der Waals surface area contributed by atoms with E-state index in [2.05, 4.69) is 27.9 Å². The molecule has 0 saturated heterocycles. The van der Waals surface area contributed by atoms with Crippen LogP contribution in [0.2, 0.25) is 0 Å². The maximum atomic E-state index is 11.7. The van der Waals surface area contributed by atoms with E-state index in [1.165, 1.54) is 0 Å². The number of anilines is 2. The minimum atomic E-state index is -2.41. The van der Waals surface area contributed by atoms with Gasteiger partial charge in [-0.3, -0.25) is 0 Å². The fraction of sp³-hybridized carbons (Fsp3) is 0.400. The van der Waals surface area contributed by atoms with Crippen LogP contribution in [0.4, 0.5) is 20.2 Å². The van der Waals surface area contributed by atoms with Crippen molar-refractivity contribution < 1.29 is 13.5 Å². The van der Waals surface area contributed by atoms with Gasteiger partial charge in [0.05, 0.1) is 6.61 Å². The molecular weight excluding hydrogens is 329 g/mol. The average Bonchev–Trinajstić information content (AvgIpc) is 2.20. The van der Waals surface area contributed by atoms with Gasteiger partial charge in [-0.2, -0.15) is 0 Å². The van der Waals surface area contributed by atoms with Crippen LogP contribution < -0.4 is 11.1 Å². The average molecular weight is 342 g/mol. The summed E-state index contributed by atoms with van der Waals surface area (Å²) in [6.45, 7) is 0.234. The molecule has 0 bridgehead atoms. The molecule has 3 nitrogen and oxygen atoms in total. The molecule has 6 heteroatoms. The highest BCUT2D eigenvalue weighted by Gasteiger charge is 2.02. The summed E-state index contributed by atoms with van der Waals surface area (Å²) in [5, 5.41) is 3.08. The van der Waals surface area contributed by atoms with Crippen molar-refractivity contribution in [2.24, 2.45) is 0 Å². The quantitative estimate of drug-likeness (QED) is 0.475. The summed E-state index contributed by atoms with van der Waals surface area (Å²) in [7, 11) is 0. The molecule has 0 aliphatic carbocycles. The van der Waals surface area contributed by atoms with Crippen molar-refractivity contribution in [3.63, 3.8) is 0 Å². The van der Waals surface area contributed by atoms with E-state index in [-0.39, 0.29) is 6.61 Å². The van der Waals surface area contributed by atoms with Gasteiger partial charge in [0.15, 0.2) is 0 Å². The van der Waals surface area contributed by atoms with E-state index in [9.17, 15) is 8.78 Å². The Kier molecular flexibility index (Phi) is 5.75. The highest BCUT2D eigenvalue weighted by Crippen LogP contribution is 2.20. The fourth-order valence-corrected chi connectivity index (χ4v) is 1.84. The number of nitrogens with one attached hydrogen (secondary N) is 1. The molecule has 0 spiro atoms. The first-order chi connectivity index (χ1) is 7.59. The van der Waals surface area contributed by atoms with Gasteiger partial charge in [0.2, 0.25) is 0 Å². The van der Waals surface area contributed by atoms with Crippen molar-refractivity contribution in [1.82, 2.24) is 0 Å². The molecule has 1 rings (SSSR count). The first-order valence-corrected chi connectivity index (χ1v) is 5.82. The first-order valence-electron chi connectivity index (χ1n) is 4.74. The van der Waals surface area contributed by atoms with Gasteiger partial charge in [-0.15, -0.1) is 0 Å². The van der Waals surface area contributed by atoms with E-state index in [0.717, 1.165) is 9.26 Å². The number of ether oxygens (including phenoxy) is 1. The Morgan fingerprint density at radius 3 is 2.81 bits per heavy atom. The van der Waals surface area contributed by atoms with Crippen LogP contribution in [0.25, 0.3) is 0 Å². The van der Waals surface area contributed by atoms with Crippen LogP contribution in [-0.4, -0.2) is 26.2 Å². The minimum absolute atomic E-state index is 0.255. The van der Waals surface area contributed by atoms with Gasteiger partial charge in [-0.05, 0) is 40.8 Å². The predicted octanol–water partition coefficient (Wildman–Crippen LogP) is 2.57. The third kappa shape index (κ3) is 4.93. The molecule has 0 radical (unpaired) electrons. The van der Waals surface area contributed by atoms with Gasteiger partial charge in [0, 0.05) is 21.5 Å². The van der Waals surface area contributed by atoms with Crippen LogP contribution >= 0.6 is 22.6 Å². The molecule has 0 amide bonds. The molecule has 0 heterocycles. The van der Waals surface area contributed by atoms with E-state index >= 15 is 0 Å². The summed E-state index contributed by atoms with van der Waals surface area (Å²) in [4.78, 5) is 0. The largest absolute Gasteiger partial charge is 0.399 e. The Labute approximate surface area is 106 Å². The number of benzene rings is 1. The summed E-state index contributed by atoms with van der Waals surface area (Å²) >= 11 is 2.15. The lowest BCUT2D eigenvalue weighted by Crippen LogP contribution is -2.13. The monoisotopic (exact) mass is 342 g/mol. The summed E-state index contributed by atoms with van der Waals surface area (Å²) in [6.07, 6.45) is -2.41. The van der Waals surface area contributed by atoms with Gasteiger partial charge in [0.1, 0.15) is 6.61 Å². The van der Waals surface area contributed by atoms with E-state index in [4.69, 9.17) is 10.5 Å². The first kappa shape index (κ1) is 13.4. The van der Waals surface area contributed by atoms with Crippen LogP contribution in [0.15, 0.2) is 18.2 Å². The number of alkyl halides is 2. The highest BCUT2D eigenvalue weighted by atomic mass is 127. The number of hydrogen-bond donors (Lipinski definition) is 2. The fourth-order valence-electron chi connectivity index (χ4n) is 1.11. The molecule has 1 aromatic rings. The van der Waals surface area contributed by atoms with Crippen molar-refractivity contribution in [3.05, 3.63) is 21.8 Å². The Hall–Kier alpha value is -0.630. The van der Waals surface area contributed by atoms with Gasteiger partial charge in [0.25, 0.3) is 6.43 Å². The summed E-state index contributed by atoms with van der Waals surface area (Å²) in [6, 6.07) is 5.47. The zero-order valence-corrected chi connectivity index (χ0v) is 10.7. The van der Waals surface area contributed by atoms with Crippen molar-refractivity contribution in [3.8, 4) is 0 Å². The summed E-state index contributed by atoms with van der Waals surface area (Å²) in [5.74, 6) is 0. The molecule has 0 aromatic heterocycles. The number of rotatable bonds is 6. The molecule has 90 valence electrons. The number of nitrogen functional groups attached to an aromatic ring is 1. The Morgan fingerprint density at radius 2 is 2.19 bits per heavy atom. The van der Waals surface area contributed by atoms with E-state index in [0.29, 0.717) is 12.2 Å². The molecule has 16 heavy (non-hydrogen) atoms. The van der Waals surface area contributed by atoms with Crippen LogP contribution in [0.5, 0.6) is 0 Å². The van der Waals surface area contributed by atoms with Crippen LogP contribution in [0.1, 0.15) is 0 Å². The minimum Gasteiger partial charge on any atom is -0.399 e. The molecular formula is C10H13F2IN2O. The zero-order valence-electron chi connectivity index (χ0n) is 8.55. The van der Waals surface area contributed by atoms with Gasteiger partial charge in [-0.1, -0.05) is 0 Å². The predicted molar refractivity (Wildman–Crippen MR) is 68.9 cm³/mol. The molecule has 0 unspecified atom stereocenters. The van der Waals surface area contributed by atoms with Crippen molar-refractivity contribution in [1.29, 1.82) is 0 Å². The van der Waals surface area contributed by atoms with Gasteiger partial charge in [-0.25, -0.2) is 8.78 Å². The van der Waals surface area contributed by atoms with Gasteiger partial charge >= 0.3 is 0 Å².